The minimum absolute atomic E-state index is 0. The van der Waals surface area contributed by atoms with Crippen molar-refractivity contribution in [3.8, 4) is 0 Å². The van der Waals surface area contributed by atoms with E-state index in [4.69, 9.17) is 0 Å². The van der Waals surface area contributed by atoms with Crippen molar-refractivity contribution in [3.05, 3.63) is 0 Å². The number of hydrogen-bond donors (Lipinski definition) is 3. The number of aliphatic hydroxyl groups is 3. The van der Waals surface area contributed by atoms with E-state index in [1.54, 1.807) is 0 Å². The summed E-state index contributed by atoms with van der Waals surface area (Å²) in [6, 6.07) is 0. The molecule has 0 bridgehead atoms. The first-order chi connectivity index (χ1) is 8.84. The van der Waals surface area contributed by atoms with Crippen molar-refractivity contribution < 1.29 is 176 Å². The Labute approximate surface area is 225 Å². The first-order valence-corrected chi connectivity index (χ1v) is 7.86. The monoisotopic (exact) mass is 429 g/mol. The van der Waals surface area contributed by atoms with Gasteiger partial charge in [0.1, 0.15) is 24.9 Å². The van der Waals surface area contributed by atoms with Crippen molar-refractivity contribution in [1.82, 2.24) is 0 Å². The van der Waals surface area contributed by atoms with Gasteiger partial charge in [0.15, 0.2) is 0 Å². The van der Waals surface area contributed by atoms with Crippen molar-refractivity contribution in [1.29, 1.82) is 0 Å². The molecule has 1 saturated heterocycles. The summed E-state index contributed by atoms with van der Waals surface area (Å²) in [5.74, 6) is -2.78. The van der Waals surface area contributed by atoms with Gasteiger partial charge in [0, 0.05) is 0 Å². The van der Waals surface area contributed by atoms with Gasteiger partial charge in [-0.3, -0.25) is 0 Å². The molecule has 0 aromatic heterocycles. The maximum atomic E-state index is 10.3. The predicted molar refractivity (Wildman–Crippen MR) is 49.0 cm³/mol. The van der Waals surface area contributed by atoms with Gasteiger partial charge < -0.3 is 57.8 Å². The Kier molecular flexibility index (Phi) is 20.9. The first kappa shape index (κ1) is 35.5. The van der Waals surface area contributed by atoms with Crippen LogP contribution in [-0.2, 0) is 22.9 Å². The van der Waals surface area contributed by atoms with Crippen molar-refractivity contribution in [3.63, 3.8) is 0 Å². The van der Waals surface area contributed by atoms with E-state index in [1.165, 1.54) is 0 Å². The molecule has 12 nitrogen and oxygen atoms in total. The second-order valence-corrected chi connectivity index (χ2v) is 6.21. The SMILES string of the molecule is O=P([O-])([O-])OC[C@H]1OC(O)([13CH2]OP(=O)([O-])[O-])[C@@H](O)[C@@H]1O.[Na+].[Na+].[Na+].[Na+]. The van der Waals surface area contributed by atoms with Crippen LogP contribution in [0.1, 0.15) is 0 Å². The molecule has 0 amide bonds. The van der Waals surface area contributed by atoms with Gasteiger partial charge in [0.25, 0.3) is 0 Å². The van der Waals surface area contributed by atoms with E-state index in [0.29, 0.717) is 0 Å². The smallest absolute Gasteiger partial charge is 0.790 e. The van der Waals surface area contributed by atoms with Crippen LogP contribution < -0.4 is 138 Å². The van der Waals surface area contributed by atoms with Crippen molar-refractivity contribution in [2.45, 2.75) is 24.1 Å². The average Bonchev–Trinajstić information content (AvgIpc) is 2.48. The van der Waals surface area contributed by atoms with Gasteiger partial charge in [0.2, 0.25) is 5.79 Å². The molecule has 0 aliphatic carbocycles. The summed E-state index contributed by atoms with van der Waals surface area (Å²) in [6.45, 7) is -2.37. The maximum Gasteiger partial charge on any atom is 1.00 e. The van der Waals surface area contributed by atoms with Crippen molar-refractivity contribution >= 4 is 15.6 Å². The zero-order valence-corrected chi connectivity index (χ0v) is 23.3. The molecular weight excluding hydrogens is 419 g/mol. The van der Waals surface area contributed by atoms with Crippen LogP contribution in [0.15, 0.2) is 0 Å². The average molecular weight is 429 g/mol. The Hall–Kier alpha value is 4.06. The fourth-order valence-electron chi connectivity index (χ4n) is 1.46. The summed E-state index contributed by atoms with van der Waals surface area (Å²) in [5.41, 5.74) is 0. The number of phosphoric ester groups is 2. The molecule has 1 unspecified atom stereocenters. The third-order valence-corrected chi connectivity index (χ3v) is 3.26. The molecule has 24 heavy (non-hydrogen) atoms. The van der Waals surface area contributed by atoms with Crippen LogP contribution in [-0.4, -0.2) is 52.6 Å². The minimum Gasteiger partial charge on any atom is -0.790 e. The van der Waals surface area contributed by atoms with E-state index in [1.807, 2.05) is 0 Å². The zero-order chi connectivity index (χ0) is 15.8. The van der Waals surface area contributed by atoms with Crippen LogP contribution in [0.3, 0.4) is 0 Å². The van der Waals surface area contributed by atoms with E-state index in [9.17, 15) is 44.0 Å². The fraction of sp³-hybridized carbons (Fsp3) is 1.00. The molecular formula is C6H10Na4O12P2. The fourth-order valence-corrected chi connectivity index (χ4v) is 2.13. The Morgan fingerprint density at radius 2 is 1.38 bits per heavy atom. The number of hydrogen-bond acceptors (Lipinski definition) is 12. The number of phosphoric acid groups is 2. The molecule has 1 aliphatic heterocycles. The Morgan fingerprint density at radius 1 is 0.958 bits per heavy atom. The Balaban J connectivity index is -0.000000500. The van der Waals surface area contributed by atoms with Gasteiger partial charge in [0.05, 0.1) is 22.3 Å². The van der Waals surface area contributed by atoms with Gasteiger partial charge in [-0.1, -0.05) is 0 Å². The van der Waals surface area contributed by atoms with Crippen LogP contribution in [0.2, 0.25) is 0 Å². The molecule has 1 rings (SSSR count). The normalized spacial score (nSPS) is 29.5. The van der Waals surface area contributed by atoms with Gasteiger partial charge in [-0.15, -0.1) is 0 Å². The largest absolute Gasteiger partial charge is 1.00 e. The van der Waals surface area contributed by atoms with Crippen LogP contribution in [0, 0.1) is 0 Å². The third-order valence-electron chi connectivity index (χ3n) is 2.35. The summed E-state index contributed by atoms with van der Waals surface area (Å²) < 4.78 is 32.6. The molecule has 1 fully saturated rings. The quantitative estimate of drug-likeness (QED) is 0.204. The molecule has 0 spiro atoms. The second-order valence-electron chi connectivity index (χ2n) is 3.90. The van der Waals surface area contributed by atoms with E-state index in [0.717, 1.165) is 0 Å². The van der Waals surface area contributed by atoms with Crippen molar-refractivity contribution in [2.24, 2.45) is 0 Å². The van der Waals surface area contributed by atoms with Gasteiger partial charge in [-0.2, -0.15) is 0 Å². The molecule has 1 heterocycles. The standard InChI is InChI=1S/C6H14O12P2.4Na/c7-4-3(1-16-19(10,11)12)18-6(9,5(4)8)2-17-20(13,14)15;;;;/h3-5,7-9H,1-2H2,(H2,10,11,12)(H2,13,14,15);;;;/q;4*+1/p-4/t3-,4-,5+,6?;;;;/m1..../s1/i2+1;;;;. The van der Waals surface area contributed by atoms with Crippen LogP contribution in [0.4, 0.5) is 0 Å². The zero-order valence-electron chi connectivity index (χ0n) is 13.6. The second kappa shape index (κ2) is 14.1. The van der Waals surface area contributed by atoms with E-state index in [2.05, 4.69) is 13.8 Å². The summed E-state index contributed by atoms with van der Waals surface area (Å²) in [6.07, 6.45) is -5.69. The summed E-state index contributed by atoms with van der Waals surface area (Å²) >= 11 is 0. The third kappa shape index (κ3) is 12.6. The van der Waals surface area contributed by atoms with E-state index < -0.39 is 53.0 Å². The minimum atomic E-state index is -5.48. The topological polar surface area (TPSA) is 215 Å². The number of rotatable bonds is 6. The summed E-state index contributed by atoms with van der Waals surface area (Å²) in [5, 5.41) is 28.5. The molecule has 120 valence electrons. The van der Waals surface area contributed by atoms with Gasteiger partial charge >= 0.3 is 118 Å². The van der Waals surface area contributed by atoms with Crippen molar-refractivity contribution in [2.75, 3.05) is 13.2 Å². The maximum absolute atomic E-state index is 10.3. The van der Waals surface area contributed by atoms with Gasteiger partial charge in [-0.25, -0.2) is 0 Å². The summed E-state index contributed by atoms with van der Waals surface area (Å²) in [7, 11) is -10.9. The van der Waals surface area contributed by atoms with E-state index >= 15 is 0 Å². The predicted octanol–water partition coefficient (Wildman–Crippen LogP) is -17.5. The molecule has 3 N–H and O–H groups in total. The van der Waals surface area contributed by atoms with Gasteiger partial charge in [-0.05, 0) is 0 Å². The van der Waals surface area contributed by atoms with E-state index in [-0.39, 0.29) is 118 Å². The molecule has 18 heteroatoms. The Bertz CT molecular complexity index is 443. The van der Waals surface area contributed by atoms with Crippen LogP contribution in [0.5, 0.6) is 0 Å². The Morgan fingerprint density at radius 3 is 1.75 bits per heavy atom. The summed E-state index contributed by atoms with van der Waals surface area (Å²) in [4.78, 5) is 41.0. The van der Waals surface area contributed by atoms with Crippen LogP contribution >= 0.6 is 15.6 Å². The molecule has 1 aliphatic rings. The molecule has 0 saturated carbocycles. The molecule has 0 radical (unpaired) electrons. The molecule has 4 atom stereocenters. The molecule has 0 aromatic rings. The van der Waals surface area contributed by atoms with Crippen LogP contribution in [0.25, 0.3) is 0 Å². The molecule has 0 aromatic carbocycles. The first-order valence-electron chi connectivity index (χ1n) is 4.93. The number of ether oxygens (including phenoxy) is 1. The number of aliphatic hydroxyl groups excluding tert-OH is 2.